The Morgan fingerprint density at radius 2 is 2.33 bits per heavy atom. The maximum atomic E-state index is 10.9. The monoisotopic (exact) mass is 243 g/mol. The lowest BCUT2D eigenvalue weighted by Gasteiger charge is -1.94. The number of oxazole rings is 1. The minimum absolute atomic E-state index is 0.317. The van der Waals surface area contributed by atoms with Gasteiger partial charge in [-0.05, 0) is 12.1 Å². The molecule has 3 aromatic rings. The van der Waals surface area contributed by atoms with Gasteiger partial charge in [0.25, 0.3) is 5.89 Å². The molecule has 0 aromatic carbocycles. The summed E-state index contributed by atoms with van der Waals surface area (Å²) in [6, 6.07) is 5.28. The highest BCUT2D eigenvalue weighted by molar-refractivity contribution is 5.74. The van der Waals surface area contributed by atoms with E-state index in [-0.39, 0.29) is 0 Å². The molecule has 0 aliphatic carbocycles. The molecular formula is C12H9N3O3. The normalized spacial score (nSPS) is 10.7. The lowest BCUT2D eigenvalue weighted by molar-refractivity contribution is 0.111. The molecule has 3 rings (SSSR count). The molecule has 0 spiro atoms. The molecule has 3 heterocycles. The van der Waals surface area contributed by atoms with Crippen molar-refractivity contribution in [1.82, 2.24) is 14.4 Å². The SMILES string of the molecule is COc1cnc(-c2cn3c(C=O)cccc3n2)o1. The number of aromatic nitrogens is 3. The van der Waals surface area contributed by atoms with Crippen LogP contribution in [0.1, 0.15) is 10.5 Å². The standard InChI is InChI=1S/C12H9N3O3/c1-17-11-5-13-12(18-11)9-6-15-8(7-16)3-2-4-10(15)14-9/h2-7H,1H3. The number of methoxy groups -OCH3 is 1. The van der Waals surface area contributed by atoms with Crippen LogP contribution >= 0.6 is 0 Å². The van der Waals surface area contributed by atoms with Gasteiger partial charge in [-0.2, -0.15) is 0 Å². The predicted molar refractivity (Wildman–Crippen MR) is 62.6 cm³/mol. The maximum absolute atomic E-state index is 10.9. The number of carbonyl (C=O) groups is 1. The van der Waals surface area contributed by atoms with Crippen LogP contribution in [0.4, 0.5) is 0 Å². The van der Waals surface area contributed by atoms with Crippen LogP contribution in [0.25, 0.3) is 17.2 Å². The molecule has 0 saturated heterocycles. The molecule has 0 radical (unpaired) electrons. The number of imidazole rings is 1. The second-order valence-corrected chi connectivity index (χ2v) is 3.61. The third-order valence-corrected chi connectivity index (χ3v) is 2.55. The van der Waals surface area contributed by atoms with Crippen molar-refractivity contribution >= 4 is 11.9 Å². The largest absolute Gasteiger partial charge is 0.467 e. The van der Waals surface area contributed by atoms with E-state index in [1.54, 1.807) is 28.8 Å². The van der Waals surface area contributed by atoms with Gasteiger partial charge >= 0.3 is 5.95 Å². The van der Waals surface area contributed by atoms with E-state index in [4.69, 9.17) is 9.15 Å². The van der Waals surface area contributed by atoms with Crippen molar-refractivity contribution in [1.29, 1.82) is 0 Å². The van der Waals surface area contributed by atoms with Crippen molar-refractivity contribution in [3.63, 3.8) is 0 Å². The third kappa shape index (κ3) is 1.55. The summed E-state index contributed by atoms with van der Waals surface area (Å²) in [5.41, 5.74) is 1.73. The van der Waals surface area contributed by atoms with Crippen LogP contribution in [-0.2, 0) is 0 Å². The van der Waals surface area contributed by atoms with Gasteiger partial charge in [0.15, 0.2) is 6.29 Å². The topological polar surface area (TPSA) is 69.6 Å². The van der Waals surface area contributed by atoms with Gasteiger partial charge in [0.1, 0.15) is 17.5 Å². The molecule has 18 heavy (non-hydrogen) atoms. The zero-order valence-corrected chi connectivity index (χ0v) is 9.53. The number of fused-ring (bicyclic) bond motifs is 1. The van der Waals surface area contributed by atoms with Crippen LogP contribution < -0.4 is 4.74 Å². The molecule has 0 amide bonds. The van der Waals surface area contributed by atoms with E-state index in [0.29, 0.717) is 28.9 Å². The smallest absolute Gasteiger partial charge is 0.305 e. The zero-order chi connectivity index (χ0) is 12.5. The Morgan fingerprint density at radius 1 is 1.44 bits per heavy atom. The van der Waals surface area contributed by atoms with Crippen LogP contribution in [0.5, 0.6) is 5.95 Å². The Kier molecular flexibility index (Phi) is 2.33. The number of hydrogen-bond donors (Lipinski definition) is 0. The summed E-state index contributed by atoms with van der Waals surface area (Å²) in [5, 5.41) is 0. The molecule has 0 bridgehead atoms. The van der Waals surface area contributed by atoms with Crippen LogP contribution in [0.3, 0.4) is 0 Å². The molecule has 6 heteroatoms. The van der Waals surface area contributed by atoms with Gasteiger partial charge in [-0.1, -0.05) is 6.07 Å². The summed E-state index contributed by atoms with van der Waals surface area (Å²) < 4.78 is 11.9. The molecule has 0 N–H and O–H groups in total. The first kappa shape index (κ1) is 10.5. The van der Waals surface area contributed by atoms with Crippen molar-refractivity contribution in [2.24, 2.45) is 0 Å². The highest BCUT2D eigenvalue weighted by Gasteiger charge is 2.12. The quantitative estimate of drug-likeness (QED) is 0.656. The summed E-state index contributed by atoms with van der Waals surface area (Å²) in [4.78, 5) is 19.3. The lowest BCUT2D eigenvalue weighted by Crippen LogP contribution is -1.91. The summed E-state index contributed by atoms with van der Waals surface area (Å²) in [5.74, 6) is 0.671. The molecule has 90 valence electrons. The van der Waals surface area contributed by atoms with Crippen LogP contribution in [-0.4, -0.2) is 27.8 Å². The van der Waals surface area contributed by atoms with Gasteiger partial charge in [0, 0.05) is 6.20 Å². The van der Waals surface area contributed by atoms with Crippen molar-refractivity contribution in [2.45, 2.75) is 0 Å². The first-order chi connectivity index (χ1) is 8.81. The fourth-order valence-corrected chi connectivity index (χ4v) is 1.70. The van der Waals surface area contributed by atoms with Crippen LogP contribution in [0, 0.1) is 0 Å². The molecule has 0 fully saturated rings. The molecule has 0 aliphatic heterocycles. The second-order valence-electron chi connectivity index (χ2n) is 3.61. The second kappa shape index (κ2) is 3.99. The Hall–Kier alpha value is -2.63. The van der Waals surface area contributed by atoms with Gasteiger partial charge in [0.2, 0.25) is 0 Å². The van der Waals surface area contributed by atoms with E-state index in [1.165, 1.54) is 13.3 Å². The van der Waals surface area contributed by atoms with Crippen molar-refractivity contribution in [3.8, 4) is 17.5 Å². The van der Waals surface area contributed by atoms with Gasteiger partial charge in [-0.15, -0.1) is 0 Å². The summed E-state index contributed by atoms with van der Waals surface area (Å²) in [6.07, 6.45) is 3.94. The number of nitrogens with zero attached hydrogens (tertiary/aromatic N) is 3. The van der Waals surface area contributed by atoms with E-state index in [2.05, 4.69) is 9.97 Å². The molecule has 0 atom stereocenters. The van der Waals surface area contributed by atoms with E-state index in [0.717, 1.165) is 6.29 Å². The van der Waals surface area contributed by atoms with Gasteiger partial charge in [-0.3, -0.25) is 9.20 Å². The van der Waals surface area contributed by atoms with Gasteiger partial charge < -0.3 is 9.15 Å². The average molecular weight is 243 g/mol. The van der Waals surface area contributed by atoms with Gasteiger partial charge in [0.05, 0.1) is 12.8 Å². The van der Waals surface area contributed by atoms with E-state index < -0.39 is 0 Å². The number of hydrogen-bond acceptors (Lipinski definition) is 5. The number of carbonyl (C=O) groups excluding carboxylic acids is 1. The molecule has 3 aromatic heterocycles. The Bertz CT molecular complexity index is 714. The number of ether oxygens (including phenoxy) is 1. The maximum Gasteiger partial charge on any atom is 0.305 e. The Morgan fingerprint density at radius 3 is 3.06 bits per heavy atom. The summed E-state index contributed by atoms with van der Waals surface area (Å²) in [7, 11) is 1.50. The summed E-state index contributed by atoms with van der Waals surface area (Å²) >= 11 is 0. The van der Waals surface area contributed by atoms with E-state index in [1.807, 2.05) is 0 Å². The molecule has 0 aliphatic rings. The minimum Gasteiger partial charge on any atom is -0.467 e. The fraction of sp³-hybridized carbons (Fsp3) is 0.0833. The number of aldehydes is 1. The average Bonchev–Trinajstić information content (AvgIpc) is 3.03. The highest BCUT2D eigenvalue weighted by atomic mass is 16.6. The molecule has 6 nitrogen and oxygen atoms in total. The third-order valence-electron chi connectivity index (χ3n) is 2.55. The van der Waals surface area contributed by atoms with Crippen LogP contribution in [0.2, 0.25) is 0 Å². The van der Waals surface area contributed by atoms with Gasteiger partial charge in [-0.25, -0.2) is 9.97 Å². The highest BCUT2D eigenvalue weighted by Crippen LogP contribution is 2.22. The number of rotatable bonds is 3. The molecule has 0 unspecified atom stereocenters. The fourth-order valence-electron chi connectivity index (χ4n) is 1.70. The zero-order valence-electron chi connectivity index (χ0n) is 9.53. The first-order valence-electron chi connectivity index (χ1n) is 5.25. The minimum atomic E-state index is 0.317. The number of pyridine rings is 1. The lowest BCUT2D eigenvalue weighted by atomic mass is 10.3. The van der Waals surface area contributed by atoms with Crippen molar-refractivity contribution < 1.29 is 13.9 Å². The Labute approximate surface area is 102 Å². The predicted octanol–water partition coefficient (Wildman–Crippen LogP) is 1.81. The molecular weight excluding hydrogens is 234 g/mol. The van der Waals surface area contributed by atoms with Crippen LogP contribution in [0.15, 0.2) is 35.0 Å². The molecule has 0 saturated carbocycles. The summed E-state index contributed by atoms with van der Waals surface area (Å²) in [6.45, 7) is 0. The first-order valence-corrected chi connectivity index (χ1v) is 5.25. The van der Waals surface area contributed by atoms with E-state index in [9.17, 15) is 4.79 Å². The van der Waals surface area contributed by atoms with Crippen molar-refractivity contribution in [2.75, 3.05) is 7.11 Å². The van der Waals surface area contributed by atoms with E-state index >= 15 is 0 Å². The Balaban J connectivity index is 2.15. The van der Waals surface area contributed by atoms with Crippen molar-refractivity contribution in [3.05, 3.63) is 36.3 Å².